The maximum Gasteiger partial charge on any atom is 0.334 e. The Bertz CT molecular complexity index is 851. The van der Waals surface area contributed by atoms with Gasteiger partial charge in [-0.1, -0.05) is 12.7 Å². The molecule has 0 saturated carbocycles. The minimum absolute atomic E-state index is 0.0556. The summed E-state index contributed by atoms with van der Waals surface area (Å²) in [4.78, 5) is 38.7. The van der Waals surface area contributed by atoms with Crippen LogP contribution in [-0.2, 0) is 33.3 Å². The number of carbonyl (C=O) groups is 3. The fourth-order valence-corrected chi connectivity index (χ4v) is 5.16. The SMILES string of the molecule is C=C1C(=O)O[C@H]2[C@H]1CC/C(COC(=O)CCC(=O)NCCCN1CCOCC1)=C\CC[C@@]1(C)O[C@@H]21. The molecule has 1 N–H and O–H groups in total. The predicted octanol–water partition coefficient (Wildman–Crippen LogP) is 1.90. The summed E-state index contributed by atoms with van der Waals surface area (Å²) < 4.78 is 22.3. The van der Waals surface area contributed by atoms with Gasteiger partial charge in [-0.3, -0.25) is 14.5 Å². The Morgan fingerprint density at radius 2 is 2.09 bits per heavy atom. The second-order valence-corrected chi connectivity index (χ2v) is 10.1. The number of fused-ring (bicyclic) bond motifs is 3. The van der Waals surface area contributed by atoms with E-state index in [1.807, 2.05) is 6.92 Å². The van der Waals surface area contributed by atoms with Crippen LogP contribution in [0.4, 0.5) is 0 Å². The van der Waals surface area contributed by atoms with Crippen molar-refractivity contribution in [2.45, 2.75) is 69.7 Å². The van der Waals surface area contributed by atoms with Crippen molar-refractivity contribution >= 4 is 17.8 Å². The fourth-order valence-electron chi connectivity index (χ4n) is 5.16. The molecule has 0 aromatic carbocycles. The van der Waals surface area contributed by atoms with E-state index in [4.69, 9.17) is 18.9 Å². The van der Waals surface area contributed by atoms with Gasteiger partial charge in [-0.05, 0) is 51.1 Å². The van der Waals surface area contributed by atoms with E-state index in [1.54, 1.807) is 0 Å². The van der Waals surface area contributed by atoms with Crippen LogP contribution in [0.1, 0.15) is 51.9 Å². The molecule has 9 heteroatoms. The van der Waals surface area contributed by atoms with E-state index >= 15 is 0 Å². The number of esters is 2. The number of epoxide rings is 1. The molecule has 4 rings (SSSR count). The third kappa shape index (κ3) is 6.92. The molecule has 4 aliphatic rings. The van der Waals surface area contributed by atoms with Crippen molar-refractivity contribution in [1.82, 2.24) is 10.2 Å². The molecule has 35 heavy (non-hydrogen) atoms. The normalized spacial score (nSPS) is 32.5. The molecule has 0 unspecified atom stereocenters. The Balaban J connectivity index is 1.15. The molecule has 3 heterocycles. The first-order valence-electron chi connectivity index (χ1n) is 12.8. The smallest absolute Gasteiger partial charge is 0.334 e. The van der Waals surface area contributed by atoms with Crippen LogP contribution in [-0.4, -0.2) is 86.6 Å². The number of rotatable bonds is 9. The first-order chi connectivity index (χ1) is 16.9. The summed E-state index contributed by atoms with van der Waals surface area (Å²) in [5.41, 5.74) is 1.22. The van der Waals surface area contributed by atoms with Gasteiger partial charge in [-0.15, -0.1) is 0 Å². The molecule has 4 atom stereocenters. The maximum absolute atomic E-state index is 12.2. The highest BCUT2D eigenvalue weighted by molar-refractivity contribution is 5.91. The van der Waals surface area contributed by atoms with Gasteiger partial charge in [-0.25, -0.2) is 4.79 Å². The molecule has 3 aliphatic heterocycles. The van der Waals surface area contributed by atoms with Crippen LogP contribution in [0.2, 0.25) is 0 Å². The summed E-state index contributed by atoms with van der Waals surface area (Å²) >= 11 is 0. The maximum atomic E-state index is 12.2. The van der Waals surface area contributed by atoms with Crippen LogP contribution in [0.3, 0.4) is 0 Å². The second-order valence-electron chi connectivity index (χ2n) is 10.1. The molecule has 0 aromatic heterocycles. The zero-order chi connectivity index (χ0) is 24.8. The number of hydrogen-bond acceptors (Lipinski definition) is 8. The number of carbonyl (C=O) groups excluding carboxylic acids is 3. The van der Waals surface area contributed by atoms with Crippen molar-refractivity contribution in [3.05, 3.63) is 23.8 Å². The largest absolute Gasteiger partial charge is 0.461 e. The van der Waals surface area contributed by atoms with Crippen LogP contribution >= 0.6 is 0 Å². The summed E-state index contributed by atoms with van der Waals surface area (Å²) in [6.45, 7) is 11.1. The molecular formula is C26H38N2O7. The van der Waals surface area contributed by atoms with E-state index < -0.39 is 0 Å². The van der Waals surface area contributed by atoms with E-state index in [9.17, 15) is 14.4 Å². The number of morpholine rings is 1. The average Bonchev–Trinajstić information content (AvgIpc) is 3.44. The Morgan fingerprint density at radius 3 is 2.89 bits per heavy atom. The first-order valence-corrected chi connectivity index (χ1v) is 12.8. The minimum atomic E-state index is -0.384. The van der Waals surface area contributed by atoms with Crippen LogP contribution < -0.4 is 5.32 Å². The van der Waals surface area contributed by atoms with Gasteiger partial charge in [0.2, 0.25) is 5.91 Å². The van der Waals surface area contributed by atoms with Gasteiger partial charge < -0.3 is 24.3 Å². The number of amides is 1. The number of hydrogen-bond donors (Lipinski definition) is 1. The molecule has 0 aromatic rings. The Hall–Kier alpha value is -2.23. The molecule has 0 radical (unpaired) electrons. The highest BCUT2D eigenvalue weighted by Gasteiger charge is 2.61. The van der Waals surface area contributed by atoms with E-state index in [-0.39, 0.29) is 61.0 Å². The van der Waals surface area contributed by atoms with E-state index in [1.165, 1.54) is 0 Å². The lowest BCUT2D eigenvalue weighted by Gasteiger charge is -2.26. The van der Waals surface area contributed by atoms with E-state index in [0.717, 1.165) is 57.7 Å². The molecule has 1 amide bonds. The molecule has 194 valence electrons. The van der Waals surface area contributed by atoms with Gasteiger partial charge in [0.05, 0.1) is 25.2 Å². The zero-order valence-corrected chi connectivity index (χ0v) is 20.7. The molecule has 0 bridgehead atoms. The number of nitrogens with zero attached hydrogens (tertiary/aromatic N) is 1. The van der Waals surface area contributed by atoms with Gasteiger partial charge in [0, 0.05) is 37.5 Å². The predicted molar refractivity (Wildman–Crippen MR) is 127 cm³/mol. The van der Waals surface area contributed by atoms with Crippen molar-refractivity contribution in [2.24, 2.45) is 5.92 Å². The molecule has 3 saturated heterocycles. The lowest BCUT2D eigenvalue weighted by Crippen LogP contribution is -2.38. The highest BCUT2D eigenvalue weighted by atomic mass is 16.6. The summed E-state index contributed by atoms with van der Waals surface area (Å²) in [6.07, 6.45) is 5.81. The highest BCUT2D eigenvalue weighted by Crippen LogP contribution is 2.49. The second kappa shape index (κ2) is 11.7. The lowest BCUT2D eigenvalue weighted by molar-refractivity contribution is -0.144. The average molecular weight is 491 g/mol. The first kappa shape index (κ1) is 25.9. The fraction of sp³-hybridized carbons (Fsp3) is 0.731. The van der Waals surface area contributed by atoms with Gasteiger partial charge in [-0.2, -0.15) is 0 Å². The summed E-state index contributed by atoms with van der Waals surface area (Å²) in [6, 6.07) is 0. The van der Waals surface area contributed by atoms with Crippen molar-refractivity contribution < 1.29 is 33.3 Å². The Kier molecular flexibility index (Phi) is 8.62. The van der Waals surface area contributed by atoms with Crippen molar-refractivity contribution in [3.63, 3.8) is 0 Å². The van der Waals surface area contributed by atoms with E-state index in [0.29, 0.717) is 25.0 Å². The minimum Gasteiger partial charge on any atom is -0.461 e. The van der Waals surface area contributed by atoms with E-state index in [2.05, 4.69) is 22.9 Å². The quantitative estimate of drug-likeness (QED) is 0.172. The van der Waals surface area contributed by atoms with Crippen LogP contribution in [0, 0.1) is 5.92 Å². The van der Waals surface area contributed by atoms with Crippen molar-refractivity contribution in [2.75, 3.05) is 46.0 Å². The van der Waals surface area contributed by atoms with Gasteiger partial charge in [0.15, 0.2) is 0 Å². The van der Waals surface area contributed by atoms with Crippen molar-refractivity contribution in [1.29, 1.82) is 0 Å². The van der Waals surface area contributed by atoms with Gasteiger partial charge in [0.25, 0.3) is 0 Å². The Labute approximate surface area is 207 Å². The van der Waals surface area contributed by atoms with Gasteiger partial charge in [0.1, 0.15) is 18.8 Å². The monoisotopic (exact) mass is 490 g/mol. The standard InChI is InChI=1S/C26H38N2O7/c1-18-20-7-6-19(5-3-10-26(2)24(35-26)23(20)34-25(18)31)17-33-22(30)9-8-21(29)27-11-4-12-28-13-15-32-16-14-28/h5,20,23-24H,1,3-4,6-17H2,2H3,(H,27,29)/b19-5+/t20-,23-,24-,26+/m0/s1. The van der Waals surface area contributed by atoms with Crippen LogP contribution in [0.5, 0.6) is 0 Å². The zero-order valence-electron chi connectivity index (χ0n) is 20.7. The molecule has 1 aliphatic carbocycles. The Morgan fingerprint density at radius 1 is 1.29 bits per heavy atom. The van der Waals surface area contributed by atoms with Gasteiger partial charge >= 0.3 is 11.9 Å². The lowest BCUT2D eigenvalue weighted by atomic mass is 9.84. The third-order valence-corrected chi connectivity index (χ3v) is 7.49. The summed E-state index contributed by atoms with van der Waals surface area (Å²) in [5.74, 6) is -0.943. The molecule has 0 spiro atoms. The summed E-state index contributed by atoms with van der Waals surface area (Å²) in [7, 11) is 0. The summed E-state index contributed by atoms with van der Waals surface area (Å²) in [5, 5.41) is 2.88. The van der Waals surface area contributed by atoms with Crippen LogP contribution in [0.25, 0.3) is 0 Å². The molecular weight excluding hydrogens is 452 g/mol. The number of ether oxygens (including phenoxy) is 4. The molecule has 3 fully saturated rings. The molecule has 9 nitrogen and oxygen atoms in total. The topological polar surface area (TPSA) is 107 Å². The third-order valence-electron chi connectivity index (χ3n) is 7.49. The van der Waals surface area contributed by atoms with Crippen LogP contribution in [0.15, 0.2) is 23.8 Å². The number of allylic oxidation sites excluding steroid dienone is 1. The number of nitrogens with one attached hydrogen (secondary N) is 1. The van der Waals surface area contributed by atoms with Crippen molar-refractivity contribution in [3.8, 4) is 0 Å².